The molecule has 0 aromatic carbocycles. The summed E-state index contributed by atoms with van der Waals surface area (Å²) >= 11 is 0. The monoisotopic (exact) mass is 246 g/mol. The van der Waals surface area contributed by atoms with Gasteiger partial charge in [-0.15, -0.1) is 0 Å². The maximum atomic E-state index is 4.34. The Morgan fingerprint density at radius 1 is 1.22 bits per heavy atom. The van der Waals surface area contributed by atoms with Crippen LogP contribution in [0.5, 0.6) is 0 Å². The van der Waals surface area contributed by atoms with Gasteiger partial charge in [0.2, 0.25) is 0 Å². The molecular formula is C12H18N6. The molecule has 3 heterocycles. The standard InChI is InChI=1S/C12H18N6/c1-17-5-3-9(4-6-17)16-11-10-7-15-18(2)12(10)14-8-13-11/h7-9H,3-6H2,1-2H3,(H,13,14,16). The Kier molecular flexibility index (Phi) is 2.87. The van der Waals surface area contributed by atoms with Gasteiger partial charge in [-0.25, -0.2) is 9.97 Å². The van der Waals surface area contributed by atoms with Gasteiger partial charge >= 0.3 is 0 Å². The Morgan fingerprint density at radius 3 is 2.78 bits per heavy atom. The molecule has 0 saturated carbocycles. The van der Waals surface area contributed by atoms with Crippen LogP contribution in [-0.2, 0) is 7.05 Å². The molecule has 1 N–H and O–H groups in total. The van der Waals surface area contributed by atoms with E-state index in [1.165, 1.54) is 0 Å². The van der Waals surface area contributed by atoms with Gasteiger partial charge in [-0.05, 0) is 33.0 Å². The van der Waals surface area contributed by atoms with Crippen LogP contribution in [0.4, 0.5) is 5.82 Å². The number of anilines is 1. The summed E-state index contributed by atoms with van der Waals surface area (Å²) in [6.07, 6.45) is 5.73. The molecule has 6 heteroatoms. The van der Waals surface area contributed by atoms with Crippen LogP contribution in [-0.4, -0.2) is 50.8 Å². The summed E-state index contributed by atoms with van der Waals surface area (Å²) in [6, 6.07) is 0.500. The first kappa shape index (κ1) is 11.4. The Hall–Kier alpha value is -1.69. The molecule has 18 heavy (non-hydrogen) atoms. The number of rotatable bonds is 2. The van der Waals surface area contributed by atoms with Crippen molar-refractivity contribution in [2.75, 3.05) is 25.5 Å². The molecule has 2 aromatic heterocycles. The molecule has 0 aliphatic carbocycles. The number of aryl methyl sites for hydroxylation is 1. The van der Waals surface area contributed by atoms with Crippen LogP contribution in [0.3, 0.4) is 0 Å². The number of aromatic nitrogens is 4. The molecule has 3 rings (SSSR count). The fourth-order valence-electron chi connectivity index (χ4n) is 2.42. The van der Waals surface area contributed by atoms with Gasteiger partial charge in [0.1, 0.15) is 12.1 Å². The minimum Gasteiger partial charge on any atom is -0.367 e. The Morgan fingerprint density at radius 2 is 2.00 bits per heavy atom. The zero-order valence-electron chi connectivity index (χ0n) is 10.8. The van der Waals surface area contributed by atoms with Crippen LogP contribution < -0.4 is 5.32 Å². The van der Waals surface area contributed by atoms with Crippen LogP contribution in [0.25, 0.3) is 11.0 Å². The second kappa shape index (κ2) is 4.53. The highest BCUT2D eigenvalue weighted by Gasteiger charge is 2.18. The quantitative estimate of drug-likeness (QED) is 0.852. The number of piperidine rings is 1. The second-order valence-electron chi connectivity index (χ2n) is 4.95. The number of nitrogens with zero attached hydrogens (tertiary/aromatic N) is 5. The molecule has 0 unspecified atom stereocenters. The number of fused-ring (bicyclic) bond motifs is 1. The van der Waals surface area contributed by atoms with Crippen molar-refractivity contribution in [2.45, 2.75) is 18.9 Å². The second-order valence-corrected chi connectivity index (χ2v) is 4.95. The predicted octanol–water partition coefficient (Wildman–Crippen LogP) is 0.869. The van der Waals surface area contributed by atoms with Crippen molar-refractivity contribution in [3.63, 3.8) is 0 Å². The number of hydrogen-bond acceptors (Lipinski definition) is 5. The van der Waals surface area contributed by atoms with Gasteiger partial charge in [0.15, 0.2) is 5.65 Å². The minimum absolute atomic E-state index is 0.500. The largest absolute Gasteiger partial charge is 0.367 e. The predicted molar refractivity (Wildman–Crippen MR) is 70.4 cm³/mol. The topological polar surface area (TPSA) is 58.9 Å². The van der Waals surface area contributed by atoms with Crippen molar-refractivity contribution >= 4 is 16.9 Å². The molecule has 1 aliphatic heterocycles. The maximum Gasteiger partial charge on any atom is 0.163 e. The van der Waals surface area contributed by atoms with Gasteiger partial charge in [-0.3, -0.25) is 4.68 Å². The summed E-state index contributed by atoms with van der Waals surface area (Å²) < 4.78 is 1.77. The zero-order chi connectivity index (χ0) is 12.5. The van der Waals surface area contributed by atoms with Crippen molar-refractivity contribution in [1.29, 1.82) is 0 Å². The molecule has 0 spiro atoms. The molecule has 6 nitrogen and oxygen atoms in total. The Balaban J connectivity index is 1.82. The van der Waals surface area contributed by atoms with Gasteiger partial charge in [0, 0.05) is 13.1 Å². The Bertz CT molecular complexity index is 540. The van der Waals surface area contributed by atoms with Crippen molar-refractivity contribution in [3.8, 4) is 0 Å². The lowest BCUT2D eigenvalue weighted by molar-refractivity contribution is 0.264. The summed E-state index contributed by atoms with van der Waals surface area (Å²) in [5.74, 6) is 0.905. The molecule has 0 radical (unpaired) electrons. The average molecular weight is 246 g/mol. The number of nitrogens with one attached hydrogen (secondary N) is 1. The molecular weight excluding hydrogens is 228 g/mol. The lowest BCUT2D eigenvalue weighted by Gasteiger charge is -2.29. The van der Waals surface area contributed by atoms with E-state index in [1.54, 1.807) is 11.0 Å². The lowest BCUT2D eigenvalue weighted by Crippen LogP contribution is -2.36. The van der Waals surface area contributed by atoms with E-state index >= 15 is 0 Å². The third kappa shape index (κ3) is 2.03. The Labute approximate surface area is 106 Å². The first-order valence-electron chi connectivity index (χ1n) is 6.32. The van der Waals surface area contributed by atoms with Crippen molar-refractivity contribution in [2.24, 2.45) is 7.05 Å². The van der Waals surface area contributed by atoms with Gasteiger partial charge in [0.05, 0.1) is 11.6 Å². The van der Waals surface area contributed by atoms with E-state index in [-0.39, 0.29) is 0 Å². The van der Waals surface area contributed by atoms with E-state index in [2.05, 4.69) is 32.3 Å². The number of likely N-dealkylation sites (tertiary alicyclic amines) is 1. The molecule has 0 bridgehead atoms. The van der Waals surface area contributed by atoms with Gasteiger partial charge in [-0.1, -0.05) is 0 Å². The molecule has 1 saturated heterocycles. The van der Waals surface area contributed by atoms with Gasteiger partial charge < -0.3 is 10.2 Å². The first-order chi connectivity index (χ1) is 8.74. The van der Waals surface area contributed by atoms with Crippen LogP contribution in [0.15, 0.2) is 12.5 Å². The van der Waals surface area contributed by atoms with E-state index in [0.29, 0.717) is 6.04 Å². The molecule has 96 valence electrons. The highest BCUT2D eigenvalue weighted by Crippen LogP contribution is 2.21. The van der Waals surface area contributed by atoms with Crippen LogP contribution in [0.1, 0.15) is 12.8 Å². The molecule has 2 aromatic rings. The zero-order valence-corrected chi connectivity index (χ0v) is 10.8. The van der Waals surface area contributed by atoms with E-state index in [0.717, 1.165) is 42.8 Å². The first-order valence-corrected chi connectivity index (χ1v) is 6.32. The molecule has 0 amide bonds. The summed E-state index contributed by atoms with van der Waals surface area (Å²) in [7, 11) is 4.06. The number of hydrogen-bond donors (Lipinski definition) is 1. The summed E-state index contributed by atoms with van der Waals surface area (Å²) in [4.78, 5) is 11.0. The van der Waals surface area contributed by atoms with Crippen molar-refractivity contribution < 1.29 is 0 Å². The normalized spacial score (nSPS) is 18.3. The van der Waals surface area contributed by atoms with E-state index < -0.39 is 0 Å². The average Bonchev–Trinajstić information content (AvgIpc) is 2.76. The van der Waals surface area contributed by atoms with Crippen molar-refractivity contribution in [1.82, 2.24) is 24.6 Å². The molecule has 1 fully saturated rings. The highest BCUT2D eigenvalue weighted by atomic mass is 15.3. The van der Waals surface area contributed by atoms with Crippen LogP contribution in [0.2, 0.25) is 0 Å². The van der Waals surface area contributed by atoms with E-state index in [9.17, 15) is 0 Å². The third-order valence-corrected chi connectivity index (χ3v) is 3.59. The summed E-state index contributed by atoms with van der Waals surface area (Å²) in [6.45, 7) is 2.28. The maximum absolute atomic E-state index is 4.34. The fraction of sp³-hybridized carbons (Fsp3) is 0.583. The summed E-state index contributed by atoms with van der Waals surface area (Å²) in [5, 5.41) is 8.75. The smallest absolute Gasteiger partial charge is 0.163 e. The van der Waals surface area contributed by atoms with Gasteiger partial charge in [0.25, 0.3) is 0 Å². The third-order valence-electron chi connectivity index (χ3n) is 3.59. The highest BCUT2D eigenvalue weighted by molar-refractivity contribution is 5.86. The van der Waals surface area contributed by atoms with Gasteiger partial charge in [-0.2, -0.15) is 5.10 Å². The van der Waals surface area contributed by atoms with Crippen LogP contribution >= 0.6 is 0 Å². The SMILES string of the molecule is CN1CCC(Nc2ncnc3c2cnn3C)CC1. The van der Waals surface area contributed by atoms with E-state index in [1.807, 2.05) is 13.2 Å². The van der Waals surface area contributed by atoms with Crippen molar-refractivity contribution in [3.05, 3.63) is 12.5 Å². The minimum atomic E-state index is 0.500. The summed E-state index contributed by atoms with van der Waals surface area (Å²) in [5.41, 5.74) is 0.875. The fourth-order valence-corrected chi connectivity index (χ4v) is 2.42. The lowest BCUT2D eigenvalue weighted by atomic mass is 10.1. The van der Waals surface area contributed by atoms with Crippen LogP contribution in [0, 0.1) is 0 Å². The molecule has 1 aliphatic rings. The molecule has 0 atom stereocenters. The van der Waals surface area contributed by atoms with E-state index in [4.69, 9.17) is 0 Å².